The molecule has 2 N–H and O–H groups in total. The summed E-state index contributed by atoms with van der Waals surface area (Å²) in [5, 5.41) is 11.9. The largest absolute Gasteiger partial charge is 0.481 e. The Morgan fingerprint density at radius 3 is 2.47 bits per heavy atom. The molecule has 2 unspecified atom stereocenters. The van der Waals surface area contributed by atoms with Gasteiger partial charge in [-0.2, -0.15) is 0 Å². The molecule has 0 spiro atoms. The van der Waals surface area contributed by atoms with E-state index in [9.17, 15) is 14.7 Å². The van der Waals surface area contributed by atoms with Gasteiger partial charge in [0.2, 0.25) is 0 Å². The molecule has 5 nitrogen and oxygen atoms in total. The molecule has 2 atom stereocenters. The van der Waals surface area contributed by atoms with Crippen molar-refractivity contribution in [1.82, 2.24) is 10.2 Å². The lowest BCUT2D eigenvalue weighted by Gasteiger charge is -2.24. The Balaban J connectivity index is 2.43. The molecule has 1 rings (SSSR count). The van der Waals surface area contributed by atoms with E-state index in [1.54, 1.807) is 4.90 Å². The molecule has 1 fully saturated rings. The van der Waals surface area contributed by atoms with E-state index in [0.29, 0.717) is 12.3 Å². The number of carboxylic acid groups (broad SMARTS) is 1. The molecule has 0 aliphatic carbocycles. The first-order chi connectivity index (χ1) is 8.69. The van der Waals surface area contributed by atoms with Gasteiger partial charge < -0.3 is 15.3 Å². The minimum Gasteiger partial charge on any atom is -0.481 e. The summed E-state index contributed by atoms with van der Waals surface area (Å²) < 4.78 is 0. The van der Waals surface area contributed by atoms with Crippen LogP contribution < -0.4 is 5.32 Å². The average molecular weight is 270 g/mol. The highest BCUT2D eigenvalue weighted by Crippen LogP contribution is 2.24. The van der Waals surface area contributed by atoms with Crippen molar-refractivity contribution in [2.75, 3.05) is 19.6 Å². The summed E-state index contributed by atoms with van der Waals surface area (Å²) in [4.78, 5) is 24.9. The van der Waals surface area contributed by atoms with E-state index in [-0.39, 0.29) is 18.0 Å². The van der Waals surface area contributed by atoms with Gasteiger partial charge in [0.05, 0.1) is 5.92 Å². The third-order valence-electron chi connectivity index (χ3n) is 3.42. The van der Waals surface area contributed by atoms with Gasteiger partial charge in [-0.1, -0.05) is 27.7 Å². The predicted molar refractivity (Wildman–Crippen MR) is 74.0 cm³/mol. The van der Waals surface area contributed by atoms with E-state index in [1.807, 2.05) is 20.8 Å². The number of likely N-dealkylation sites (tertiary alicyclic amines) is 1. The number of urea groups is 1. The summed E-state index contributed by atoms with van der Waals surface area (Å²) in [6.07, 6.45) is 1.58. The highest BCUT2D eigenvalue weighted by molar-refractivity contribution is 5.76. The van der Waals surface area contributed by atoms with Crippen molar-refractivity contribution >= 4 is 12.0 Å². The van der Waals surface area contributed by atoms with Crippen molar-refractivity contribution in [1.29, 1.82) is 0 Å². The van der Waals surface area contributed by atoms with Gasteiger partial charge in [-0.3, -0.25) is 4.79 Å². The number of aliphatic carboxylic acids is 1. The maximum atomic E-state index is 11.9. The zero-order chi connectivity index (χ0) is 14.6. The van der Waals surface area contributed by atoms with Crippen molar-refractivity contribution in [3.63, 3.8) is 0 Å². The minimum atomic E-state index is -0.843. The van der Waals surface area contributed by atoms with Crippen LogP contribution in [0.25, 0.3) is 0 Å². The fourth-order valence-electron chi connectivity index (χ4n) is 2.43. The van der Waals surface area contributed by atoms with Gasteiger partial charge in [0.25, 0.3) is 0 Å². The van der Waals surface area contributed by atoms with Crippen LogP contribution in [0.15, 0.2) is 0 Å². The van der Waals surface area contributed by atoms with Crippen LogP contribution in [0.1, 0.15) is 40.5 Å². The van der Waals surface area contributed by atoms with Gasteiger partial charge in [-0.05, 0) is 24.2 Å². The number of amides is 2. The highest BCUT2D eigenvalue weighted by atomic mass is 16.4. The van der Waals surface area contributed by atoms with Crippen molar-refractivity contribution in [2.24, 2.45) is 17.3 Å². The van der Waals surface area contributed by atoms with Gasteiger partial charge in [0, 0.05) is 19.6 Å². The summed E-state index contributed by atoms with van der Waals surface area (Å²) >= 11 is 0. The highest BCUT2D eigenvalue weighted by Gasteiger charge is 2.27. The van der Waals surface area contributed by atoms with E-state index >= 15 is 0 Å². The summed E-state index contributed by atoms with van der Waals surface area (Å²) in [5.41, 5.74) is -0.0596. The van der Waals surface area contributed by atoms with Crippen LogP contribution in [0.3, 0.4) is 0 Å². The lowest BCUT2D eigenvalue weighted by molar-refractivity contribution is -0.142. The predicted octanol–water partition coefficient (Wildman–Crippen LogP) is 2.17. The van der Waals surface area contributed by atoms with E-state index < -0.39 is 11.9 Å². The molecule has 0 saturated carbocycles. The van der Waals surface area contributed by atoms with Crippen LogP contribution in [0, 0.1) is 17.3 Å². The van der Waals surface area contributed by atoms with Crippen LogP contribution >= 0.6 is 0 Å². The molecule has 2 amide bonds. The molecule has 0 bridgehead atoms. The Bertz CT molecular complexity index is 336. The zero-order valence-corrected chi connectivity index (χ0v) is 12.4. The second-order valence-electron chi connectivity index (χ2n) is 6.83. The zero-order valence-electron chi connectivity index (χ0n) is 12.4. The second kappa shape index (κ2) is 6.26. The monoisotopic (exact) mass is 270 g/mol. The lowest BCUT2D eigenvalue weighted by Crippen LogP contribution is -2.42. The van der Waals surface area contributed by atoms with E-state index in [1.165, 1.54) is 0 Å². The molecule has 1 saturated heterocycles. The molecule has 1 aliphatic rings. The third kappa shape index (κ3) is 5.49. The maximum Gasteiger partial charge on any atom is 0.317 e. The fraction of sp³-hybridized carbons (Fsp3) is 0.857. The summed E-state index contributed by atoms with van der Waals surface area (Å²) in [6, 6.07) is -0.135. The normalized spacial score (nSPS) is 21.3. The van der Waals surface area contributed by atoms with Gasteiger partial charge in [0.1, 0.15) is 0 Å². The average Bonchev–Trinajstić information content (AvgIpc) is 2.68. The Hall–Kier alpha value is -1.26. The number of nitrogens with one attached hydrogen (secondary N) is 1. The van der Waals surface area contributed by atoms with Gasteiger partial charge in [-0.15, -0.1) is 0 Å². The summed E-state index contributed by atoms with van der Waals surface area (Å²) in [5.74, 6) is -0.829. The van der Waals surface area contributed by atoms with E-state index in [4.69, 9.17) is 0 Å². The molecular formula is C14H26N2O3. The first-order valence-electron chi connectivity index (χ1n) is 6.94. The molecule has 1 heterocycles. The van der Waals surface area contributed by atoms with Crippen LogP contribution in [0.5, 0.6) is 0 Å². The van der Waals surface area contributed by atoms with E-state index in [0.717, 1.165) is 19.5 Å². The molecule has 0 aromatic rings. The van der Waals surface area contributed by atoms with Crippen molar-refractivity contribution < 1.29 is 14.7 Å². The van der Waals surface area contributed by atoms with Crippen molar-refractivity contribution in [3.05, 3.63) is 0 Å². The van der Waals surface area contributed by atoms with Crippen LogP contribution in [-0.2, 0) is 4.79 Å². The number of hydrogen-bond acceptors (Lipinski definition) is 2. The number of nitrogens with zero attached hydrogens (tertiary/aromatic N) is 1. The summed E-state index contributed by atoms with van der Waals surface area (Å²) in [7, 11) is 0. The number of carbonyl (C=O) groups excluding carboxylic acids is 1. The Kier molecular flexibility index (Phi) is 5.20. The second-order valence-corrected chi connectivity index (χ2v) is 6.83. The minimum absolute atomic E-state index is 0.0596. The number of hydrogen-bond donors (Lipinski definition) is 2. The Labute approximate surface area is 115 Å². The molecule has 110 valence electrons. The van der Waals surface area contributed by atoms with Gasteiger partial charge in [0.15, 0.2) is 0 Å². The first-order valence-corrected chi connectivity index (χ1v) is 6.94. The molecule has 19 heavy (non-hydrogen) atoms. The van der Waals surface area contributed by atoms with Gasteiger partial charge >= 0.3 is 12.0 Å². The lowest BCUT2D eigenvalue weighted by atomic mass is 9.84. The van der Waals surface area contributed by atoms with Crippen LogP contribution in [-0.4, -0.2) is 41.6 Å². The quantitative estimate of drug-likeness (QED) is 0.822. The third-order valence-corrected chi connectivity index (χ3v) is 3.42. The van der Waals surface area contributed by atoms with Crippen LogP contribution in [0.2, 0.25) is 0 Å². The molecular weight excluding hydrogens is 244 g/mol. The van der Waals surface area contributed by atoms with E-state index in [2.05, 4.69) is 12.2 Å². The van der Waals surface area contributed by atoms with Crippen LogP contribution in [0.4, 0.5) is 4.79 Å². The van der Waals surface area contributed by atoms with Gasteiger partial charge in [-0.25, -0.2) is 4.79 Å². The first kappa shape index (κ1) is 15.8. The molecule has 5 heteroatoms. The maximum absolute atomic E-state index is 11.9. The molecule has 0 aromatic carbocycles. The molecule has 0 radical (unpaired) electrons. The SMILES string of the molecule is CC1CCN(C(=O)NCC(CC(C)(C)C)C(=O)O)C1. The summed E-state index contributed by atoms with van der Waals surface area (Å²) in [6.45, 7) is 9.88. The van der Waals surface area contributed by atoms with Crippen molar-refractivity contribution in [3.8, 4) is 0 Å². The standard InChI is InChI=1S/C14H26N2O3/c1-10-5-6-16(9-10)13(19)15-8-11(12(17)18)7-14(2,3)4/h10-11H,5-9H2,1-4H3,(H,15,19)(H,17,18). The Morgan fingerprint density at radius 1 is 1.42 bits per heavy atom. The molecule has 0 aromatic heterocycles. The number of carbonyl (C=O) groups is 2. The molecule has 1 aliphatic heterocycles. The Morgan fingerprint density at radius 2 is 2.05 bits per heavy atom. The number of rotatable bonds is 4. The number of carboxylic acids is 1. The topological polar surface area (TPSA) is 69.6 Å². The fourth-order valence-corrected chi connectivity index (χ4v) is 2.43. The smallest absolute Gasteiger partial charge is 0.317 e. The van der Waals surface area contributed by atoms with Crippen molar-refractivity contribution in [2.45, 2.75) is 40.5 Å².